The maximum absolute atomic E-state index is 7.38. The summed E-state index contributed by atoms with van der Waals surface area (Å²) in [5.74, 6) is 0.703. The molecule has 5 rings (SSSR count). The predicted molar refractivity (Wildman–Crippen MR) is 129 cm³/mol. The summed E-state index contributed by atoms with van der Waals surface area (Å²) in [5.41, 5.74) is 8.08. The van der Waals surface area contributed by atoms with Gasteiger partial charge in [-0.15, -0.1) is 10.2 Å². The predicted octanol–water partition coefficient (Wildman–Crippen LogP) is 7.13. The third-order valence-corrected chi connectivity index (χ3v) is 5.45. The molecule has 0 saturated heterocycles. The molecule has 0 radical (unpaired) electrons. The zero-order chi connectivity index (χ0) is 21.9. The van der Waals surface area contributed by atoms with E-state index in [0.29, 0.717) is 11.5 Å². The zero-order valence-corrected chi connectivity index (χ0v) is 17.6. The first-order valence-electron chi connectivity index (χ1n) is 10.4. The Morgan fingerprint density at radius 1 is 0.719 bits per heavy atom. The van der Waals surface area contributed by atoms with Crippen LogP contribution < -0.4 is 0 Å². The van der Waals surface area contributed by atoms with Crippen LogP contribution in [0.5, 0.6) is 0 Å². The fourth-order valence-corrected chi connectivity index (χ4v) is 4.02. The van der Waals surface area contributed by atoms with Crippen LogP contribution in [0.25, 0.3) is 44.2 Å². The average molecular weight is 412 g/mol. The molecule has 5 aromatic rings. The Morgan fingerprint density at radius 3 is 1.91 bits per heavy atom. The summed E-state index contributed by atoms with van der Waals surface area (Å²) in [6, 6.07) is 32.7. The summed E-state index contributed by atoms with van der Waals surface area (Å²) in [4.78, 5) is 3.58. The molecule has 4 nitrogen and oxygen atoms in total. The monoisotopic (exact) mass is 412 g/mol. The number of nitrogens with zero attached hydrogens (tertiary/aromatic N) is 4. The molecule has 1 aromatic heterocycles. The normalized spacial score (nSPS) is 10.6. The van der Waals surface area contributed by atoms with Gasteiger partial charge in [0, 0.05) is 16.7 Å². The Kier molecular flexibility index (Phi) is 5.07. The maximum atomic E-state index is 7.38. The fourth-order valence-electron chi connectivity index (χ4n) is 4.02. The average Bonchev–Trinajstić information content (AvgIpc) is 3.34. The van der Waals surface area contributed by atoms with Crippen molar-refractivity contribution in [3.63, 3.8) is 0 Å². The lowest BCUT2D eigenvalue weighted by Crippen LogP contribution is -2.03. The number of benzene rings is 4. The van der Waals surface area contributed by atoms with Crippen LogP contribution in [-0.2, 0) is 0 Å². The second kappa shape index (κ2) is 8.33. The van der Waals surface area contributed by atoms with Gasteiger partial charge in [-0.1, -0.05) is 78.9 Å². The molecule has 0 fully saturated rings. The van der Waals surface area contributed by atoms with Gasteiger partial charge in [0.05, 0.1) is 12.3 Å². The quantitative estimate of drug-likeness (QED) is 0.294. The van der Waals surface area contributed by atoms with Crippen LogP contribution in [0.4, 0.5) is 5.69 Å². The molecule has 0 saturated carbocycles. The SMILES string of the molecule is [C-]#[N+]c1cccc(-c2nncn2-c2c(-c3ccccc3)cc(C)cc2-c2ccccc2)c1. The van der Waals surface area contributed by atoms with Crippen LogP contribution in [-0.4, -0.2) is 14.8 Å². The lowest BCUT2D eigenvalue weighted by atomic mass is 9.93. The van der Waals surface area contributed by atoms with Gasteiger partial charge < -0.3 is 0 Å². The minimum atomic E-state index is 0.576. The lowest BCUT2D eigenvalue weighted by molar-refractivity contribution is 1.06. The molecule has 0 bridgehead atoms. The maximum Gasteiger partial charge on any atom is 0.187 e. The first-order valence-corrected chi connectivity index (χ1v) is 10.4. The largest absolute Gasteiger partial charge is 0.280 e. The van der Waals surface area contributed by atoms with Gasteiger partial charge in [0.25, 0.3) is 0 Å². The van der Waals surface area contributed by atoms with Gasteiger partial charge in [-0.3, -0.25) is 4.57 Å². The van der Waals surface area contributed by atoms with Crippen LogP contribution in [0.3, 0.4) is 0 Å². The summed E-state index contributed by atoms with van der Waals surface area (Å²) in [7, 11) is 0. The van der Waals surface area contributed by atoms with Crippen LogP contribution >= 0.6 is 0 Å². The molecule has 4 heteroatoms. The third kappa shape index (κ3) is 3.57. The van der Waals surface area contributed by atoms with E-state index >= 15 is 0 Å². The lowest BCUT2D eigenvalue weighted by Gasteiger charge is -2.19. The van der Waals surface area contributed by atoms with Crippen molar-refractivity contribution in [3.8, 4) is 39.3 Å². The van der Waals surface area contributed by atoms with Crippen molar-refractivity contribution in [2.75, 3.05) is 0 Å². The van der Waals surface area contributed by atoms with E-state index in [4.69, 9.17) is 6.57 Å². The van der Waals surface area contributed by atoms with E-state index in [-0.39, 0.29) is 0 Å². The van der Waals surface area contributed by atoms with Gasteiger partial charge in [0.15, 0.2) is 11.5 Å². The minimum Gasteiger partial charge on any atom is -0.280 e. The highest BCUT2D eigenvalue weighted by Crippen LogP contribution is 2.38. The van der Waals surface area contributed by atoms with E-state index in [0.717, 1.165) is 33.5 Å². The van der Waals surface area contributed by atoms with E-state index in [1.807, 2.05) is 34.9 Å². The van der Waals surface area contributed by atoms with Crippen molar-refractivity contribution >= 4 is 5.69 Å². The number of hydrogen-bond donors (Lipinski definition) is 0. The highest BCUT2D eigenvalue weighted by molar-refractivity contribution is 5.87. The van der Waals surface area contributed by atoms with Gasteiger partial charge in [0.2, 0.25) is 0 Å². The Morgan fingerprint density at radius 2 is 1.31 bits per heavy atom. The van der Waals surface area contributed by atoms with Crippen molar-refractivity contribution in [1.82, 2.24) is 14.8 Å². The molecule has 0 spiro atoms. The third-order valence-electron chi connectivity index (χ3n) is 5.45. The summed E-state index contributed by atoms with van der Waals surface area (Å²) in [6.07, 6.45) is 1.75. The molecule has 1 heterocycles. The number of hydrogen-bond acceptors (Lipinski definition) is 2. The molecule has 0 N–H and O–H groups in total. The molecule has 0 amide bonds. The molecule has 0 aliphatic carbocycles. The second-order valence-corrected chi connectivity index (χ2v) is 7.63. The first kappa shape index (κ1) is 19.5. The molecular weight excluding hydrogens is 392 g/mol. The van der Waals surface area contributed by atoms with E-state index in [1.54, 1.807) is 12.4 Å². The molecule has 0 unspecified atom stereocenters. The van der Waals surface area contributed by atoms with E-state index < -0.39 is 0 Å². The summed E-state index contributed by atoms with van der Waals surface area (Å²) in [5, 5.41) is 8.70. The van der Waals surface area contributed by atoms with Crippen LogP contribution in [0, 0.1) is 13.5 Å². The topological polar surface area (TPSA) is 35.1 Å². The summed E-state index contributed by atoms with van der Waals surface area (Å²) >= 11 is 0. The number of aryl methyl sites for hydroxylation is 1. The smallest absolute Gasteiger partial charge is 0.187 e. The standard InChI is InChI=1S/C28H20N4/c1-20-16-25(21-10-5-3-6-11-21)27(26(17-20)22-12-7-4-8-13-22)32-19-30-31-28(32)23-14-9-15-24(18-23)29-2/h3-19H,1H3. The molecule has 4 aromatic carbocycles. The fraction of sp³-hybridized carbons (Fsp3) is 0.0357. The van der Waals surface area contributed by atoms with Crippen molar-refractivity contribution in [1.29, 1.82) is 0 Å². The van der Waals surface area contributed by atoms with Crippen LogP contribution in [0.2, 0.25) is 0 Å². The van der Waals surface area contributed by atoms with Gasteiger partial charge in [0.1, 0.15) is 6.33 Å². The Hall–Kier alpha value is -4.49. The second-order valence-electron chi connectivity index (χ2n) is 7.63. The molecular formula is C28H20N4. The Labute approximate surface area is 187 Å². The van der Waals surface area contributed by atoms with Crippen molar-refractivity contribution in [2.45, 2.75) is 6.92 Å². The Balaban J connectivity index is 1.83. The van der Waals surface area contributed by atoms with Crippen LogP contribution in [0.15, 0.2) is 103 Å². The summed E-state index contributed by atoms with van der Waals surface area (Å²) < 4.78 is 2.03. The Bertz CT molecular complexity index is 1370. The highest BCUT2D eigenvalue weighted by Gasteiger charge is 2.19. The van der Waals surface area contributed by atoms with Crippen molar-refractivity contribution in [3.05, 3.63) is 120 Å². The zero-order valence-electron chi connectivity index (χ0n) is 17.6. The number of rotatable bonds is 4. The van der Waals surface area contributed by atoms with E-state index in [1.165, 1.54) is 5.56 Å². The minimum absolute atomic E-state index is 0.576. The molecule has 32 heavy (non-hydrogen) atoms. The highest BCUT2D eigenvalue weighted by atomic mass is 15.3. The summed E-state index contributed by atoms with van der Waals surface area (Å²) in [6.45, 7) is 9.50. The first-order chi connectivity index (χ1) is 15.7. The molecule has 0 atom stereocenters. The van der Waals surface area contributed by atoms with Gasteiger partial charge in [-0.25, -0.2) is 4.85 Å². The molecule has 0 aliphatic rings. The molecule has 152 valence electrons. The molecule has 0 aliphatic heterocycles. The van der Waals surface area contributed by atoms with Gasteiger partial charge >= 0.3 is 0 Å². The van der Waals surface area contributed by atoms with Crippen molar-refractivity contribution in [2.24, 2.45) is 0 Å². The number of aromatic nitrogens is 3. The van der Waals surface area contributed by atoms with E-state index in [9.17, 15) is 0 Å². The van der Waals surface area contributed by atoms with Gasteiger partial charge in [-0.05, 0) is 41.8 Å². The van der Waals surface area contributed by atoms with Crippen molar-refractivity contribution < 1.29 is 0 Å². The van der Waals surface area contributed by atoms with Crippen LogP contribution in [0.1, 0.15) is 5.56 Å². The van der Waals surface area contributed by atoms with E-state index in [2.05, 4.69) is 82.6 Å². The van der Waals surface area contributed by atoms with Gasteiger partial charge in [-0.2, -0.15) is 0 Å².